The second-order valence-electron chi connectivity index (χ2n) is 6.81. The molecule has 8 heteroatoms. The molecule has 0 unspecified atom stereocenters. The Morgan fingerprint density at radius 3 is 2.63 bits per heavy atom. The van der Waals surface area contributed by atoms with Gasteiger partial charge in [0.05, 0.1) is 6.54 Å². The van der Waals surface area contributed by atoms with Gasteiger partial charge in [-0.1, -0.05) is 18.2 Å². The Morgan fingerprint density at radius 2 is 1.96 bits per heavy atom. The number of carbonyl (C=O) groups is 1. The van der Waals surface area contributed by atoms with Gasteiger partial charge in [-0.3, -0.25) is 9.69 Å². The molecule has 7 nitrogen and oxygen atoms in total. The first-order chi connectivity index (χ1) is 13.3. The molecule has 1 aliphatic rings. The summed E-state index contributed by atoms with van der Waals surface area (Å²) in [5, 5.41) is 16.4. The Kier molecular flexibility index (Phi) is 5.55. The van der Waals surface area contributed by atoms with Gasteiger partial charge < -0.3 is 5.32 Å². The van der Waals surface area contributed by atoms with E-state index in [1.165, 1.54) is 4.88 Å². The summed E-state index contributed by atoms with van der Waals surface area (Å²) in [7, 11) is 0. The Morgan fingerprint density at radius 1 is 1.15 bits per heavy atom. The number of carbonyl (C=O) groups excluding carboxylic acids is 1. The van der Waals surface area contributed by atoms with E-state index in [2.05, 4.69) is 43.3 Å². The smallest absolute Gasteiger partial charge is 0.251 e. The summed E-state index contributed by atoms with van der Waals surface area (Å²) in [5.74, 6) is 0.000629. The first kappa shape index (κ1) is 17.8. The lowest BCUT2D eigenvalue weighted by atomic mass is 10.0. The number of rotatable bonds is 6. The van der Waals surface area contributed by atoms with Crippen molar-refractivity contribution in [2.24, 2.45) is 0 Å². The molecule has 1 N–H and O–H groups in total. The van der Waals surface area contributed by atoms with Gasteiger partial charge in [0.15, 0.2) is 0 Å². The average Bonchev–Trinajstić information content (AvgIpc) is 3.38. The van der Waals surface area contributed by atoms with Crippen LogP contribution < -0.4 is 5.32 Å². The first-order valence-corrected chi connectivity index (χ1v) is 9.99. The predicted molar refractivity (Wildman–Crippen MR) is 103 cm³/mol. The Labute approximate surface area is 162 Å². The monoisotopic (exact) mass is 382 g/mol. The van der Waals surface area contributed by atoms with E-state index in [1.54, 1.807) is 22.3 Å². The zero-order valence-electron chi connectivity index (χ0n) is 15.0. The fourth-order valence-electron chi connectivity index (χ4n) is 3.33. The van der Waals surface area contributed by atoms with E-state index in [-0.39, 0.29) is 11.9 Å². The van der Waals surface area contributed by atoms with Crippen LogP contribution in [0.2, 0.25) is 0 Å². The molecule has 0 bridgehead atoms. The number of likely N-dealkylation sites (tertiary alicyclic amines) is 1. The van der Waals surface area contributed by atoms with E-state index in [4.69, 9.17) is 0 Å². The number of hydrogen-bond donors (Lipinski definition) is 1. The first-order valence-electron chi connectivity index (χ1n) is 9.11. The molecule has 1 saturated heterocycles. The summed E-state index contributed by atoms with van der Waals surface area (Å²) in [4.78, 5) is 16.4. The van der Waals surface area contributed by atoms with Gasteiger partial charge in [0.25, 0.3) is 5.91 Å². The van der Waals surface area contributed by atoms with Gasteiger partial charge in [0, 0.05) is 36.1 Å². The van der Waals surface area contributed by atoms with Crippen molar-refractivity contribution >= 4 is 17.2 Å². The second kappa shape index (κ2) is 8.41. The van der Waals surface area contributed by atoms with Crippen molar-refractivity contribution in [3.8, 4) is 0 Å². The minimum Gasteiger partial charge on any atom is -0.349 e. The third kappa shape index (κ3) is 4.78. The lowest BCUT2D eigenvalue weighted by Gasteiger charge is -2.32. The van der Waals surface area contributed by atoms with E-state index in [0.717, 1.165) is 38.0 Å². The molecule has 27 heavy (non-hydrogen) atoms. The molecule has 1 aromatic carbocycles. The van der Waals surface area contributed by atoms with E-state index in [1.807, 2.05) is 24.3 Å². The zero-order valence-corrected chi connectivity index (χ0v) is 15.8. The summed E-state index contributed by atoms with van der Waals surface area (Å²) in [5.41, 5.74) is 1.75. The van der Waals surface area contributed by atoms with Crippen LogP contribution >= 0.6 is 11.3 Å². The molecule has 1 fully saturated rings. The zero-order chi connectivity index (χ0) is 18.5. The quantitative estimate of drug-likeness (QED) is 0.707. The maximum Gasteiger partial charge on any atom is 0.251 e. The molecule has 1 aliphatic heterocycles. The lowest BCUT2D eigenvalue weighted by Crippen LogP contribution is -2.44. The summed E-state index contributed by atoms with van der Waals surface area (Å²) < 4.78 is 1.65. The molecule has 0 atom stereocenters. The highest BCUT2D eigenvalue weighted by atomic mass is 32.1. The summed E-state index contributed by atoms with van der Waals surface area (Å²) in [6.45, 7) is 3.65. The van der Waals surface area contributed by atoms with Crippen molar-refractivity contribution in [1.29, 1.82) is 0 Å². The number of nitrogens with one attached hydrogen (secondary N) is 1. The van der Waals surface area contributed by atoms with E-state index < -0.39 is 0 Å². The van der Waals surface area contributed by atoms with Crippen LogP contribution in [0.25, 0.3) is 0 Å². The Balaban J connectivity index is 1.25. The molecule has 140 valence electrons. The van der Waals surface area contributed by atoms with Gasteiger partial charge in [-0.2, -0.15) is 0 Å². The average molecular weight is 382 g/mol. The largest absolute Gasteiger partial charge is 0.349 e. The van der Waals surface area contributed by atoms with Crippen LogP contribution in [0.4, 0.5) is 0 Å². The topological polar surface area (TPSA) is 75.9 Å². The molecule has 4 rings (SSSR count). The van der Waals surface area contributed by atoms with Crippen LogP contribution in [0.15, 0.2) is 48.1 Å². The van der Waals surface area contributed by atoms with Gasteiger partial charge in [-0.25, -0.2) is 4.68 Å². The number of piperidine rings is 1. The van der Waals surface area contributed by atoms with Gasteiger partial charge in [0.1, 0.15) is 6.33 Å². The molecular weight excluding hydrogens is 360 g/mol. The maximum atomic E-state index is 12.5. The summed E-state index contributed by atoms with van der Waals surface area (Å²) >= 11 is 1.80. The minimum absolute atomic E-state index is 0.000629. The van der Waals surface area contributed by atoms with Crippen molar-refractivity contribution in [1.82, 2.24) is 30.4 Å². The van der Waals surface area contributed by atoms with Crippen molar-refractivity contribution < 1.29 is 4.79 Å². The molecule has 1 amide bonds. The fraction of sp³-hybridized carbons (Fsp3) is 0.368. The predicted octanol–water partition coefficient (Wildman–Crippen LogP) is 2.18. The van der Waals surface area contributed by atoms with E-state index in [9.17, 15) is 4.79 Å². The van der Waals surface area contributed by atoms with Crippen LogP contribution in [0.5, 0.6) is 0 Å². The molecular formula is C19H22N6OS. The number of benzene rings is 1. The molecule has 3 heterocycles. The molecule has 0 radical (unpaired) electrons. The lowest BCUT2D eigenvalue weighted by molar-refractivity contribution is 0.0909. The molecule has 0 saturated carbocycles. The number of thiophene rings is 1. The Bertz CT molecular complexity index is 839. The van der Waals surface area contributed by atoms with Crippen LogP contribution in [0.3, 0.4) is 0 Å². The highest BCUT2D eigenvalue weighted by molar-refractivity contribution is 7.09. The van der Waals surface area contributed by atoms with Crippen LogP contribution in [-0.4, -0.2) is 50.1 Å². The number of aromatic nitrogens is 4. The normalized spacial score (nSPS) is 15.7. The van der Waals surface area contributed by atoms with Crippen molar-refractivity contribution in [3.05, 3.63) is 64.1 Å². The van der Waals surface area contributed by atoms with Gasteiger partial charge in [-0.15, -0.1) is 16.4 Å². The highest BCUT2D eigenvalue weighted by Gasteiger charge is 2.21. The van der Waals surface area contributed by atoms with Crippen molar-refractivity contribution in [2.45, 2.75) is 32.0 Å². The van der Waals surface area contributed by atoms with Gasteiger partial charge in [0.2, 0.25) is 0 Å². The van der Waals surface area contributed by atoms with Crippen LogP contribution in [-0.2, 0) is 13.1 Å². The van der Waals surface area contributed by atoms with Crippen LogP contribution in [0.1, 0.15) is 33.6 Å². The molecule has 0 aliphatic carbocycles. The summed E-state index contributed by atoms with van der Waals surface area (Å²) in [6.07, 6.45) is 3.56. The number of nitrogens with zero attached hydrogens (tertiary/aromatic N) is 5. The van der Waals surface area contributed by atoms with Gasteiger partial charge >= 0.3 is 0 Å². The Hall–Kier alpha value is -2.58. The van der Waals surface area contributed by atoms with E-state index >= 15 is 0 Å². The maximum absolute atomic E-state index is 12.5. The number of tetrazole rings is 1. The minimum atomic E-state index is 0.000629. The fourth-order valence-corrected chi connectivity index (χ4v) is 4.07. The SMILES string of the molecule is O=C(NC1CCN(Cc2cccs2)CC1)c1ccc(Cn2cnnn2)cc1. The van der Waals surface area contributed by atoms with Crippen molar-refractivity contribution in [2.75, 3.05) is 13.1 Å². The number of hydrogen-bond acceptors (Lipinski definition) is 6. The molecule has 0 spiro atoms. The molecule has 2 aromatic heterocycles. The molecule has 3 aromatic rings. The van der Waals surface area contributed by atoms with Gasteiger partial charge in [-0.05, 0) is 52.4 Å². The third-order valence-corrected chi connectivity index (χ3v) is 5.70. The number of amides is 1. The van der Waals surface area contributed by atoms with Crippen LogP contribution in [0, 0.1) is 0 Å². The summed E-state index contributed by atoms with van der Waals surface area (Å²) in [6, 6.07) is 12.1. The standard InChI is InChI=1S/C19H22N6OS/c26-19(16-5-3-15(4-6-16)12-25-14-20-22-23-25)21-17-7-9-24(10-8-17)13-18-2-1-11-27-18/h1-6,11,14,17H,7-10,12-13H2,(H,21,26). The van der Waals surface area contributed by atoms with E-state index in [0.29, 0.717) is 12.1 Å². The third-order valence-electron chi connectivity index (χ3n) is 4.83. The second-order valence-corrected chi connectivity index (χ2v) is 7.84. The van der Waals surface area contributed by atoms with Crippen molar-refractivity contribution in [3.63, 3.8) is 0 Å². The highest BCUT2D eigenvalue weighted by Crippen LogP contribution is 2.17.